The Morgan fingerprint density at radius 1 is 0.510 bits per heavy atom. The molecule has 0 spiro atoms. The van der Waals surface area contributed by atoms with Crippen LogP contribution in [0.15, 0.2) is 72.8 Å². The molecule has 7 rings (SSSR count). The van der Waals surface area contributed by atoms with Crippen LogP contribution in [-0.2, 0) is 0 Å². The molecule has 0 unspecified atom stereocenters. The Morgan fingerprint density at radius 3 is 1.31 bits per heavy atom. The highest BCUT2D eigenvalue weighted by Crippen LogP contribution is 2.26. The second-order valence-corrected chi connectivity index (χ2v) is 13.6. The smallest absolute Gasteiger partial charge is 0.335 e. The van der Waals surface area contributed by atoms with Gasteiger partial charge in [0.15, 0.2) is 0 Å². The summed E-state index contributed by atoms with van der Waals surface area (Å²) in [5.74, 6) is 0.129. The highest BCUT2D eigenvalue weighted by molar-refractivity contribution is 5.88. The number of rotatable bonds is 10. The standard InChI is InChI=1S/C14H18O3.2C12H14O3.C4H7/c15-14(16)12-7-4-8-13(9-12)17-10-11-5-2-1-3-6-11;2*13-12(14)9-5-7-11(8-6-9)15-10-3-1-2-4-10;1-2-4-3-1/h4,7-9,11H,1-3,5-6,10H2,(H,15,16);2*5-8,10H,1-4H2,(H,13,14);1H,2-4H2. The van der Waals surface area contributed by atoms with Crippen molar-refractivity contribution in [2.45, 2.75) is 115 Å². The molecule has 1 radical (unpaired) electrons. The Labute approximate surface area is 302 Å². The van der Waals surface area contributed by atoms with Gasteiger partial charge in [0.25, 0.3) is 0 Å². The number of aromatic carboxylic acids is 3. The first-order valence-corrected chi connectivity index (χ1v) is 18.5. The van der Waals surface area contributed by atoms with E-state index in [0.717, 1.165) is 37.2 Å². The van der Waals surface area contributed by atoms with Crippen LogP contribution >= 0.6 is 0 Å². The van der Waals surface area contributed by atoms with E-state index in [4.69, 9.17) is 29.5 Å². The third-order valence-corrected chi connectivity index (χ3v) is 9.52. The molecule has 3 aromatic carbocycles. The number of carboxylic acids is 3. The largest absolute Gasteiger partial charge is 0.493 e. The maximum atomic E-state index is 10.8. The summed E-state index contributed by atoms with van der Waals surface area (Å²) in [5, 5.41) is 26.3. The van der Waals surface area contributed by atoms with Crippen molar-refractivity contribution in [2.24, 2.45) is 5.92 Å². The van der Waals surface area contributed by atoms with E-state index in [2.05, 4.69) is 6.42 Å². The first kappa shape index (κ1) is 39.3. The zero-order valence-corrected chi connectivity index (χ0v) is 29.5. The summed E-state index contributed by atoms with van der Waals surface area (Å²) in [6, 6.07) is 19.9. The molecule has 9 heteroatoms. The molecule has 0 aliphatic heterocycles. The van der Waals surface area contributed by atoms with Gasteiger partial charge in [-0.15, -0.1) is 0 Å². The quantitative estimate of drug-likeness (QED) is 0.188. The van der Waals surface area contributed by atoms with Crippen LogP contribution in [0.25, 0.3) is 0 Å². The van der Waals surface area contributed by atoms with E-state index in [-0.39, 0.29) is 5.56 Å². The Balaban J connectivity index is 0.000000162. The molecule has 9 nitrogen and oxygen atoms in total. The van der Waals surface area contributed by atoms with Crippen LogP contribution in [0, 0.1) is 12.3 Å². The molecule has 275 valence electrons. The summed E-state index contributed by atoms with van der Waals surface area (Å²) in [6.07, 6.45) is 22.9. The Bertz CT molecular complexity index is 1390. The number of hydrogen-bond donors (Lipinski definition) is 3. The van der Waals surface area contributed by atoms with Crippen LogP contribution < -0.4 is 14.2 Å². The second kappa shape index (κ2) is 21.6. The predicted octanol–water partition coefficient (Wildman–Crippen LogP) is 10.1. The van der Waals surface area contributed by atoms with Gasteiger partial charge >= 0.3 is 17.9 Å². The van der Waals surface area contributed by atoms with Gasteiger partial charge in [-0.05, 0) is 143 Å². The van der Waals surface area contributed by atoms with Crippen LogP contribution in [0.2, 0.25) is 0 Å². The Hall–Kier alpha value is -4.53. The van der Waals surface area contributed by atoms with E-state index >= 15 is 0 Å². The molecule has 0 heterocycles. The van der Waals surface area contributed by atoms with Gasteiger partial charge in [0.1, 0.15) is 17.2 Å². The Morgan fingerprint density at radius 2 is 0.922 bits per heavy atom. The number of benzene rings is 3. The van der Waals surface area contributed by atoms with E-state index in [1.54, 1.807) is 66.7 Å². The predicted molar refractivity (Wildman–Crippen MR) is 196 cm³/mol. The minimum atomic E-state index is -0.909. The Kier molecular flexibility index (Phi) is 16.7. The van der Waals surface area contributed by atoms with E-state index in [9.17, 15) is 14.4 Å². The molecule has 3 N–H and O–H groups in total. The van der Waals surface area contributed by atoms with Crippen molar-refractivity contribution >= 4 is 17.9 Å². The summed E-state index contributed by atoms with van der Waals surface area (Å²) in [7, 11) is 0. The highest BCUT2D eigenvalue weighted by Gasteiger charge is 2.18. The van der Waals surface area contributed by atoms with E-state index in [0.29, 0.717) is 41.6 Å². The lowest BCUT2D eigenvalue weighted by atomic mass is 9.90. The van der Waals surface area contributed by atoms with Crippen molar-refractivity contribution in [1.29, 1.82) is 0 Å². The number of carboxylic acid groups (broad SMARTS) is 3. The molecule has 4 fully saturated rings. The molecule has 0 atom stereocenters. The van der Waals surface area contributed by atoms with Crippen molar-refractivity contribution in [2.75, 3.05) is 6.61 Å². The molecule has 0 bridgehead atoms. The lowest BCUT2D eigenvalue weighted by molar-refractivity contribution is 0.0685. The fraction of sp³-hybridized carbons (Fsp3) is 0.476. The lowest BCUT2D eigenvalue weighted by Crippen LogP contribution is -2.15. The zero-order valence-electron chi connectivity index (χ0n) is 29.5. The maximum Gasteiger partial charge on any atom is 0.335 e. The summed E-state index contributed by atoms with van der Waals surface area (Å²) in [4.78, 5) is 32.0. The monoisotopic (exact) mass is 701 g/mol. The van der Waals surface area contributed by atoms with Gasteiger partial charge < -0.3 is 29.5 Å². The summed E-state index contributed by atoms with van der Waals surface area (Å²) in [6.45, 7) is 0.711. The van der Waals surface area contributed by atoms with Crippen LogP contribution in [0.5, 0.6) is 17.2 Å². The molecule has 4 saturated carbocycles. The van der Waals surface area contributed by atoms with Gasteiger partial charge in [0.2, 0.25) is 0 Å². The first-order valence-electron chi connectivity index (χ1n) is 18.5. The maximum absolute atomic E-state index is 10.8. The average Bonchev–Trinajstić information content (AvgIpc) is 3.83. The van der Waals surface area contributed by atoms with Crippen molar-refractivity contribution in [1.82, 2.24) is 0 Å². The summed E-state index contributed by atoms with van der Waals surface area (Å²) in [5.41, 5.74) is 0.883. The number of ether oxygens (including phenoxy) is 3. The van der Waals surface area contributed by atoms with Gasteiger partial charge in [-0.25, -0.2) is 14.4 Å². The fourth-order valence-corrected chi connectivity index (χ4v) is 6.24. The molecular weight excluding hydrogens is 648 g/mol. The fourth-order valence-electron chi connectivity index (χ4n) is 6.24. The molecule has 3 aromatic rings. The van der Waals surface area contributed by atoms with Crippen molar-refractivity contribution in [3.63, 3.8) is 0 Å². The molecule has 0 aromatic heterocycles. The van der Waals surface area contributed by atoms with Crippen LogP contribution in [0.3, 0.4) is 0 Å². The number of hydrogen-bond acceptors (Lipinski definition) is 6. The van der Waals surface area contributed by atoms with Crippen LogP contribution in [-0.4, -0.2) is 52.0 Å². The van der Waals surface area contributed by atoms with E-state index in [1.165, 1.54) is 77.0 Å². The van der Waals surface area contributed by atoms with E-state index < -0.39 is 17.9 Å². The normalized spacial score (nSPS) is 17.2. The van der Waals surface area contributed by atoms with Crippen molar-refractivity contribution in [3.8, 4) is 17.2 Å². The minimum Gasteiger partial charge on any atom is -0.493 e. The van der Waals surface area contributed by atoms with Crippen LogP contribution in [0.1, 0.15) is 134 Å². The first-order chi connectivity index (χ1) is 24.8. The molecule has 4 aliphatic rings. The average molecular weight is 702 g/mol. The third-order valence-electron chi connectivity index (χ3n) is 9.52. The van der Waals surface area contributed by atoms with Gasteiger partial charge in [-0.1, -0.05) is 44.6 Å². The van der Waals surface area contributed by atoms with Gasteiger partial charge in [-0.3, -0.25) is 0 Å². The topological polar surface area (TPSA) is 140 Å². The minimum absolute atomic E-state index is 0.283. The third kappa shape index (κ3) is 14.7. The van der Waals surface area contributed by atoms with Crippen molar-refractivity contribution in [3.05, 3.63) is 95.9 Å². The van der Waals surface area contributed by atoms with Gasteiger partial charge in [-0.2, -0.15) is 0 Å². The zero-order chi connectivity index (χ0) is 36.3. The van der Waals surface area contributed by atoms with Gasteiger partial charge in [0.05, 0.1) is 35.5 Å². The molecule has 4 aliphatic carbocycles. The summed E-state index contributed by atoms with van der Waals surface area (Å²) >= 11 is 0. The van der Waals surface area contributed by atoms with Gasteiger partial charge in [0, 0.05) is 0 Å². The molecule has 0 saturated heterocycles. The number of carbonyl (C=O) groups is 3. The molecule has 51 heavy (non-hydrogen) atoms. The lowest BCUT2D eigenvalue weighted by Gasteiger charge is -2.21. The molecule has 0 amide bonds. The molecular formula is C42H53O9. The summed E-state index contributed by atoms with van der Waals surface area (Å²) < 4.78 is 17.1. The highest BCUT2D eigenvalue weighted by atomic mass is 16.5. The second-order valence-electron chi connectivity index (χ2n) is 13.6. The van der Waals surface area contributed by atoms with Crippen molar-refractivity contribution < 1.29 is 43.9 Å². The SMILES string of the molecule is O=C(O)c1ccc(OC2CCCC2)cc1.O=C(O)c1ccc(OC2CCCC2)cc1.O=C(O)c1cccc(OCC2CCCCC2)c1.[CH]1CCC1. The van der Waals surface area contributed by atoms with Crippen LogP contribution in [0.4, 0.5) is 0 Å². The van der Waals surface area contributed by atoms with E-state index in [1.807, 2.05) is 6.07 Å².